The Kier molecular flexibility index (Phi) is 9.33. The first-order valence-electron chi connectivity index (χ1n) is 12.0. The molecule has 0 fully saturated rings. The van der Waals surface area contributed by atoms with Crippen LogP contribution in [-0.4, -0.2) is 0 Å². The molecule has 2 nitrogen and oxygen atoms in total. The molecule has 0 aliphatic carbocycles. The average molecular weight is 548 g/mol. The van der Waals surface area contributed by atoms with Gasteiger partial charge in [-0.25, -0.2) is 0 Å². The summed E-state index contributed by atoms with van der Waals surface area (Å²) in [6.07, 6.45) is 3.66. The summed E-state index contributed by atoms with van der Waals surface area (Å²) in [4.78, 5) is 8.74. The second-order valence-corrected chi connectivity index (χ2v) is 10.8. The van der Waals surface area contributed by atoms with E-state index in [9.17, 15) is 0 Å². The smallest absolute Gasteiger partial charge is 0.108 e. The van der Waals surface area contributed by atoms with Crippen molar-refractivity contribution in [3.8, 4) is 22.5 Å². The van der Waals surface area contributed by atoms with E-state index in [1.807, 2.05) is 48.7 Å². The van der Waals surface area contributed by atoms with Gasteiger partial charge in [0, 0.05) is 25.0 Å². The molecular formula is C33H27N2PZn-2. The van der Waals surface area contributed by atoms with Gasteiger partial charge in [-0.15, -0.1) is 23.4 Å². The fraction of sp³-hybridized carbons (Fsp3) is 0. The van der Waals surface area contributed by atoms with Crippen molar-refractivity contribution in [1.82, 2.24) is 9.97 Å². The average Bonchev–Trinajstić information content (AvgIpc) is 3.67. The first-order valence-corrected chi connectivity index (χ1v) is 13.5. The number of hydrogen-bond donors (Lipinski definition) is 0. The Morgan fingerprint density at radius 1 is 0.459 bits per heavy atom. The standard InChI is InChI=1S/C22H17NP.C11H9N.Zn/c1-3-10-18(11-4-1)24(19-12-5-2-6-13-19)22-16-8-7-14-20(22)21-15-9-17-23-21;1-9-5-2-3-6-10(9)11-7-4-8-12-11;/h1-17H;2-8H,1H2;/q-1;-2;/p+1. The molecule has 0 atom stereocenters. The summed E-state index contributed by atoms with van der Waals surface area (Å²) in [6.45, 7) is 3.94. The van der Waals surface area contributed by atoms with E-state index in [4.69, 9.17) is 0 Å². The van der Waals surface area contributed by atoms with Gasteiger partial charge >= 0.3 is 0 Å². The summed E-state index contributed by atoms with van der Waals surface area (Å²) in [5, 5.41) is 4.18. The molecule has 0 radical (unpaired) electrons. The molecular weight excluding hydrogens is 521 g/mol. The largest absolute Gasteiger partial charge is 0.674 e. The molecule has 0 spiro atoms. The monoisotopic (exact) mass is 546 g/mol. The SMILES string of the molecule is [CH2-]c1ccccc1-c1ccc[n-]1.[Zn].c1ccc([PH+](c2ccccc2)c2ccccc2-c2ccc[n-]2)cc1. The number of nitrogens with zero attached hydrogens (tertiary/aromatic N) is 2. The second kappa shape index (κ2) is 13.1. The van der Waals surface area contributed by atoms with Crippen LogP contribution in [0.25, 0.3) is 22.5 Å². The molecule has 0 amide bonds. The van der Waals surface area contributed by atoms with Crippen molar-refractivity contribution in [3.63, 3.8) is 0 Å². The molecule has 0 N–H and O–H groups in total. The Hall–Kier alpha value is -3.64. The van der Waals surface area contributed by atoms with Gasteiger partial charge in [0.2, 0.25) is 0 Å². The molecule has 178 valence electrons. The molecule has 37 heavy (non-hydrogen) atoms. The molecule has 0 saturated carbocycles. The van der Waals surface area contributed by atoms with E-state index in [1.54, 1.807) is 6.20 Å². The van der Waals surface area contributed by atoms with E-state index >= 15 is 0 Å². The van der Waals surface area contributed by atoms with Gasteiger partial charge in [-0.3, -0.25) is 0 Å². The van der Waals surface area contributed by atoms with Gasteiger partial charge in [0.1, 0.15) is 15.9 Å². The maximum atomic E-state index is 4.53. The van der Waals surface area contributed by atoms with Crippen LogP contribution >= 0.6 is 7.92 Å². The third-order valence-electron chi connectivity index (χ3n) is 6.00. The van der Waals surface area contributed by atoms with Crippen LogP contribution in [0.3, 0.4) is 0 Å². The van der Waals surface area contributed by atoms with Gasteiger partial charge in [-0.2, -0.15) is 36.6 Å². The van der Waals surface area contributed by atoms with Gasteiger partial charge in [-0.05, 0) is 30.3 Å². The first-order chi connectivity index (χ1) is 17.8. The Balaban J connectivity index is 0.000000208. The third-order valence-corrected chi connectivity index (χ3v) is 8.79. The zero-order chi connectivity index (χ0) is 24.6. The molecule has 4 aromatic carbocycles. The van der Waals surface area contributed by atoms with E-state index in [-0.39, 0.29) is 19.5 Å². The molecule has 0 aliphatic heterocycles. The minimum absolute atomic E-state index is 0. The molecule has 2 heterocycles. The fourth-order valence-electron chi connectivity index (χ4n) is 4.30. The summed E-state index contributed by atoms with van der Waals surface area (Å²) in [5.74, 6) is 0. The quantitative estimate of drug-likeness (QED) is 0.144. The van der Waals surface area contributed by atoms with Gasteiger partial charge in [0.25, 0.3) is 0 Å². The minimum Gasteiger partial charge on any atom is -0.674 e. The topological polar surface area (TPSA) is 28.2 Å². The maximum Gasteiger partial charge on any atom is 0.108 e. The zero-order valence-corrected chi connectivity index (χ0v) is 24.6. The minimum atomic E-state index is -1.07. The van der Waals surface area contributed by atoms with Crippen LogP contribution < -0.4 is 25.9 Å². The van der Waals surface area contributed by atoms with Crippen molar-refractivity contribution in [2.75, 3.05) is 0 Å². The van der Waals surface area contributed by atoms with Gasteiger partial charge in [0.15, 0.2) is 0 Å². The van der Waals surface area contributed by atoms with Crippen molar-refractivity contribution in [3.05, 3.63) is 158 Å². The molecule has 0 aliphatic rings. The van der Waals surface area contributed by atoms with Crippen LogP contribution in [0.4, 0.5) is 0 Å². The number of rotatable bonds is 5. The van der Waals surface area contributed by atoms with Crippen molar-refractivity contribution in [2.24, 2.45) is 0 Å². The summed E-state index contributed by atoms with van der Waals surface area (Å²) in [5.41, 5.74) is 5.43. The molecule has 2 aromatic heterocycles. The van der Waals surface area contributed by atoms with Crippen LogP contribution in [0, 0.1) is 6.92 Å². The number of aromatic nitrogens is 2. The molecule has 0 unspecified atom stereocenters. The Morgan fingerprint density at radius 3 is 1.43 bits per heavy atom. The van der Waals surface area contributed by atoms with Crippen LogP contribution in [0.1, 0.15) is 5.56 Å². The molecule has 6 aromatic rings. The Bertz CT molecular complexity index is 1440. The van der Waals surface area contributed by atoms with E-state index in [0.717, 1.165) is 22.5 Å². The van der Waals surface area contributed by atoms with Crippen LogP contribution in [0.5, 0.6) is 0 Å². The summed E-state index contributed by atoms with van der Waals surface area (Å²) in [6, 6.07) is 46.4. The fourth-order valence-corrected chi connectivity index (χ4v) is 7.05. The molecule has 4 heteroatoms. The Morgan fingerprint density at radius 2 is 0.919 bits per heavy atom. The van der Waals surface area contributed by atoms with Crippen molar-refractivity contribution >= 4 is 23.8 Å². The number of hydrogen-bond acceptors (Lipinski definition) is 0. The number of benzene rings is 4. The zero-order valence-electron chi connectivity index (χ0n) is 20.7. The summed E-state index contributed by atoms with van der Waals surface area (Å²) >= 11 is 0. The van der Waals surface area contributed by atoms with Crippen molar-refractivity contribution in [1.29, 1.82) is 0 Å². The predicted molar refractivity (Wildman–Crippen MR) is 155 cm³/mol. The van der Waals surface area contributed by atoms with Crippen LogP contribution in [-0.2, 0) is 19.5 Å². The summed E-state index contributed by atoms with van der Waals surface area (Å²) in [7, 11) is -1.07. The van der Waals surface area contributed by atoms with Gasteiger partial charge < -0.3 is 9.97 Å². The van der Waals surface area contributed by atoms with E-state index < -0.39 is 7.92 Å². The van der Waals surface area contributed by atoms with Gasteiger partial charge in [0.05, 0.1) is 7.92 Å². The van der Waals surface area contributed by atoms with E-state index in [0.29, 0.717) is 0 Å². The van der Waals surface area contributed by atoms with Crippen molar-refractivity contribution in [2.45, 2.75) is 0 Å². The molecule has 0 bridgehead atoms. The maximum absolute atomic E-state index is 4.53. The first kappa shape index (κ1) is 26.4. The van der Waals surface area contributed by atoms with Crippen LogP contribution in [0.15, 0.2) is 146 Å². The van der Waals surface area contributed by atoms with Crippen LogP contribution in [0.2, 0.25) is 0 Å². The van der Waals surface area contributed by atoms with Crippen molar-refractivity contribution < 1.29 is 19.5 Å². The molecule has 0 saturated heterocycles. The van der Waals surface area contributed by atoms with E-state index in [2.05, 4.69) is 108 Å². The Labute approximate surface area is 233 Å². The predicted octanol–water partition coefficient (Wildman–Crippen LogP) is 6.29. The third kappa shape index (κ3) is 6.38. The molecule has 6 rings (SSSR count). The van der Waals surface area contributed by atoms with Gasteiger partial charge in [-0.1, -0.05) is 84.9 Å². The summed E-state index contributed by atoms with van der Waals surface area (Å²) < 4.78 is 0. The van der Waals surface area contributed by atoms with E-state index in [1.165, 1.54) is 21.5 Å². The second-order valence-electron chi connectivity index (χ2n) is 8.35. The normalized spacial score (nSPS) is 10.3.